The van der Waals surface area contributed by atoms with Gasteiger partial charge < -0.3 is 9.88 Å². The maximum atomic E-state index is 4.93. The number of halogens is 1. The molecule has 0 saturated carbocycles. The zero-order valence-electron chi connectivity index (χ0n) is 9.27. The predicted octanol–water partition coefficient (Wildman–Crippen LogP) is 2.52. The molecule has 1 heterocycles. The second-order valence-corrected chi connectivity index (χ2v) is 5.45. The zero-order chi connectivity index (χ0) is 11.3. The average Bonchev–Trinajstić information content (AvgIpc) is 2.58. The number of aromatic amines is 1. The summed E-state index contributed by atoms with van der Waals surface area (Å²) >= 11 is 10.9. The van der Waals surface area contributed by atoms with Crippen molar-refractivity contribution in [3.05, 3.63) is 17.7 Å². The molecule has 7 heteroatoms. The first-order valence-electron chi connectivity index (χ1n) is 4.62. The molecule has 0 aromatic carbocycles. The number of thiol groups is 1. The van der Waals surface area contributed by atoms with E-state index in [0.29, 0.717) is 4.32 Å². The first-order chi connectivity index (χ1) is 7.11. The van der Waals surface area contributed by atoms with Gasteiger partial charge >= 0.3 is 0 Å². The van der Waals surface area contributed by atoms with Crippen LogP contribution in [0.25, 0.3) is 0 Å². The molecule has 1 N–H and O–H groups in total. The van der Waals surface area contributed by atoms with E-state index in [4.69, 9.17) is 12.2 Å². The molecule has 92 valence electrons. The Morgan fingerprint density at radius 2 is 2.38 bits per heavy atom. The average molecular weight is 298 g/mol. The summed E-state index contributed by atoms with van der Waals surface area (Å²) in [6.45, 7) is 2.97. The molecule has 0 aliphatic heterocycles. The van der Waals surface area contributed by atoms with E-state index in [2.05, 4.69) is 22.6 Å². The van der Waals surface area contributed by atoms with Crippen LogP contribution in [0.15, 0.2) is 6.33 Å². The van der Waals surface area contributed by atoms with Crippen LogP contribution in [-0.4, -0.2) is 38.5 Å². The maximum Gasteiger partial charge on any atom is 0.133 e. The number of nitrogens with one attached hydrogen (secondary N) is 1. The molecule has 0 spiro atoms. The Bertz CT molecular complexity index is 330. The minimum absolute atomic E-state index is 0. The number of H-pyrrole nitrogens is 1. The Hall–Kier alpha value is 0.0900. The summed E-state index contributed by atoms with van der Waals surface area (Å²) in [5.74, 6) is 1.98. The number of aryl methyl sites for hydroxylation is 1. The Morgan fingerprint density at radius 3 is 2.88 bits per heavy atom. The molecule has 0 amide bonds. The molecule has 0 saturated heterocycles. The minimum atomic E-state index is 0. The quantitative estimate of drug-likeness (QED) is 0.497. The van der Waals surface area contributed by atoms with Crippen molar-refractivity contribution >= 4 is 53.3 Å². The van der Waals surface area contributed by atoms with Crippen LogP contribution in [0.1, 0.15) is 11.4 Å². The monoisotopic (exact) mass is 297 g/mol. The maximum absolute atomic E-state index is 4.93. The molecule has 0 aliphatic carbocycles. The molecule has 0 unspecified atom stereocenters. The number of aromatic nitrogens is 2. The van der Waals surface area contributed by atoms with Gasteiger partial charge in [-0.2, -0.15) is 11.8 Å². The fourth-order valence-corrected chi connectivity index (χ4v) is 2.22. The molecule has 0 bridgehead atoms. The summed E-state index contributed by atoms with van der Waals surface area (Å²) in [6.07, 6.45) is 1.74. The van der Waals surface area contributed by atoms with Crippen LogP contribution in [0.3, 0.4) is 0 Å². The molecule has 0 radical (unpaired) electrons. The summed E-state index contributed by atoms with van der Waals surface area (Å²) in [5.41, 5.74) is 2.29. The lowest BCUT2D eigenvalue weighted by molar-refractivity contribution is 0.560. The van der Waals surface area contributed by atoms with Crippen LogP contribution in [-0.2, 0) is 5.75 Å². The highest BCUT2D eigenvalue weighted by atomic mass is 35.5. The number of hydrogen-bond donors (Lipinski definition) is 2. The number of thiocarbonyl (C=S) groups is 1. The van der Waals surface area contributed by atoms with Crippen LogP contribution in [0.2, 0.25) is 0 Å². The Balaban J connectivity index is 0.00000225. The van der Waals surface area contributed by atoms with Gasteiger partial charge in [-0.1, -0.05) is 12.2 Å². The Morgan fingerprint density at radius 1 is 1.69 bits per heavy atom. The number of hydrogen-bond acceptors (Lipinski definition) is 3. The number of imidazole rings is 1. The largest absolute Gasteiger partial charge is 0.360 e. The molecular formula is C9H16ClN3S3. The van der Waals surface area contributed by atoms with Crippen molar-refractivity contribution in [3.63, 3.8) is 0 Å². The van der Waals surface area contributed by atoms with Crippen molar-refractivity contribution in [3.8, 4) is 0 Å². The molecule has 1 aromatic rings. The van der Waals surface area contributed by atoms with Crippen LogP contribution in [0, 0.1) is 6.92 Å². The van der Waals surface area contributed by atoms with E-state index in [9.17, 15) is 0 Å². The van der Waals surface area contributed by atoms with Crippen molar-refractivity contribution < 1.29 is 0 Å². The van der Waals surface area contributed by atoms with Gasteiger partial charge in [-0.05, 0) is 6.92 Å². The van der Waals surface area contributed by atoms with E-state index in [1.807, 2.05) is 30.6 Å². The fraction of sp³-hybridized carbons (Fsp3) is 0.556. The lowest BCUT2D eigenvalue weighted by Gasteiger charge is -2.15. The van der Waals surface area contributed by atoms with E-state index in [1.165, 1.54) is 0 Å². The third kappa shape index (κ3) is 5.43. The van der Waals surface area contributed by atoms with E-state index in [1.54, 1.807) is 6.33 Å². The third-order valence-corrected chi connectivity index (χ3v) is 3.67. The normalized spacial score (nSPS) is 9.69. The highest BCUT2D eigenvalue weighted by molar-refractivity contribution is 8.10. The molecule has 3 nitrogen and oxygen atoms in total. The second kappa shape index (κ2) is 8.22. The van der Waals surface area contributed by atoms with E-state index < -0.39 is 0 Å². The van der Waals surface area contributed by atoms with Crippen molar-refractivity contribution in [2.75, 3.05) is 19.3 Å². The van der Waals surface area contributed by atoms with Gasteiger partial charge in [-0.25, -0.2) is 4.98 Å². The lowest BCUT2D eigenvalue weighted by Crippen LogP contribution is -2.23. The topological polar surface area (TPSA) is 31.9 Å². The number of thioether (sulfide) groups is 1. The molecular weight excluding hydrogens is 282 g/mol. The third-order valence-electron chi connectivity index (χ3n) is 2.07. The van der Waals surface area contributed by atoms with Crippen LogP contribution < -0.4 is 0 Å². The number of rotatable bonds is 5. The lowest BCUT2D eigenvalue weighted by atomic mass is 10.4. The van der Waals surface area contributed by atoms with Crippen molar-refractivity contribution in [2.45, 2.75) is 12.7 Å². The standard InChI is InChI=1S/C9H15N3S3.ClH/c1-7-8(11-6-10-7)5-15-4-3-12(2)9(13)14;/h6H,3-5H2,1-2H3,(H,10,11)(H,13,14);1H. The first-order valence-corrected chi connectivity index (χ1v) is 6.63. The molecule has 0 fully saturated rings. The van der Waals surface area contributed by atoms with E-state index in [-0.39, 0.29) is 12.4 Å². The SMILES string of the molecule is Cc1[nH]cnc1CSCCN(C)C(=S)S.Cl. The molecule has 0 atom stereocenters. The van der Waals surface area contributed by atoms with Gasteiger partial charge in [0.1, 0.15) is 4.32 Å². The summed E-state index contributed by atoms with van der Waals surface area (Å²) in [5, 5.41) is 0. The van der Waals surface area contributed by atoms with Crippen LogP contribution in [0.5, 0.6) is 0 Å². The summed E-state index contributed by atoms with van der Waals surface area (Å²) in [4.78, 5) is 9.27. The van der Waals surface area contributed by atoms with Crippen molar-refractivity contribution in [2.24, 2.45) is 0 Å². The van der Waals surface area contributed by atoms with Gasteiger partial charge in [0.2, 0.25) is 0 Å². The highest BCUT2D eigenvalue weighted by Gasteiger charge is 2.02. The fourth-order valence-electron chi connectivity index (χ4n) is 0.999. The summed E-state index contributed by atoms with van der Waals surface area (Å²) in [6, 6.07) is 0. The Labute approximate surface area is 118 Å². The molecule has 0 aliphatic rings. The van der Waals surface area contributed by atoms with E-state index >= 15 is 0 Å². The predicted molar refractivity (Wildman–Crippen MR) is 80.9 cm³/mol. The minimum Gasteiger partial charge on any atom is -0.360 e. The van der Waals surface area contributed by atoms with Crippen LogP contribution >= 0.6 is 49.0 Å². The van der Waals surface area contributed by atoms with Crippen molar-refractivity contribution in [1.82, 2.24) is 14.9 Å². The zero-order valence-corrected chi connectivity index (χ0v) is 12.6. The van der Waals surface area contributed by atoms with Gasteiger partial charge in [-0.15, -0.1) is 25.0 Å². The number of nitrogens with zero attached hydrogens (tertiary/aromatic N) is 2. The summed E-state index contributed by atoms with van der Waals surface area (Å²) in [7, 11) is 1.95. The van der Waals surface area contributed by atoms with Gasteiger partial charge in [0.25, 0.3) is 0 Å². The smallest absolute Gasteiger partial charge is 0.133 e. The molecule has 1 aromatic heterocycles. The van der Waals surface area contributed by atoms with Crippen molar-refractivity contribution in [1.29, 1.82) is 0 Å². The van der Waals surface area contributed by atoms with Crippen LogP contribution in [0.4, 0.5) is 0 Å². The summed E-state index contributed by atoms with van der Waals surface area (Å²) < 4.78 is 0.645. The highest BCUT2D eigenvalue weighted by Crippen LogP contribution is 2.12. The Kier molecular flexibility index (Phi) is 8.27. The first kappa shape index (κ1) is 16.1. The molecule has 1 rings (SSSR count). The second-order valence-electron chi connectivity index (χ2n) is 3.23. The van der Waals surface area contributed by atoms with Gasteiger partial charge in [-0.3, -0.25) is 0 Å². The van der Waals surface area contributed by atoms with E-state index in [0.717, 1.165) is 29.4 Å². The van der Waals surface area contributed by atoms with Gasteiger partial charge in [0.15, 0.2) is 0 Å². The van der Waals surface area contributed by atoms with Gasteiger partial charge in [0.05, 0.1) is 12.0 Å². The van der Waals surface area contributed by atoms with Gasteiger partial charge in [0, 0.05) is 30.8 Å². The molecule has 16 heavy (non-hydrogen) atoms.